The Kier molecular flexibility index (Phi) is 4.70. The standard InChI is InChI=1S/C15H20N4O2/c1-4-18(3)9-8-16-13-10-11(2)17-15-12(13)6-5-7-14(15)19(20)21/h5-7,10H,4,8-9H2,1-3H3,(H,16,17). The van der Waals surface area contributed by atoms with Crippen LogP contribution in [0.15, 0.2) is 24.3 Å². The van der Waals surface area contributed by atoms with E-state index in [2.05, 4.69) is 29.2 Å². The van der Waals surface area contributed by atoms with Gasteiger partial charge in [-0.2, -0.15) is 0 Å². The smallest absolute Gasteiger partial charge is 0.295 e. The van der Waals surface area contributed by atoms with Gasteiger partial charge in [0.15, 0.2) is 5.52 Å². The van der Waals surface area contributed by atoms with Crippen LogP contribution < -0.4 is 5.32 Å². The van der Waals surface area contributed by atoms with Crippen LogP contribution in [0.5, 0.6) is 0 Å². The van der Waals surface area contributed by atoms with Crippen LogP contribution in [0.3, 0.4) is 0 Å². The number of nitro groups is 1. The van der Waals surface area contributed by atoms with Crippen LogP contribution in [0.1, 0.15) is 12.6 Å². The van der Waals surface area contributed by atoms with Crippen molar-refractivity contribution in [1.29, 1.82) is 0 Å². The van der Waals surface area contributed by atoms with Crippen molar-refractivity contribution in [3.05, 3.63) is 40.1 Å². The number of aromatic nitrogens is 1. The molecular weight excluding hydrogens is 268 g/mol. The molecule has 0 unspecified atom stereocenters. The maximum atomic E-state index is 11.1. The fraction of sp³-hybridized carbons (Fsp3) is 0.400. The van der Waals surface area contributed by atoms with E-state index in [0.29, 0.717) is 5.52 Å². The number of hydrogen-bond acceptors (Lipinski definition) is 5. The van der Waals surface area contributed by atoms with Crippen molar-refractivity contribution in [3.63, 3.8) is 0 Å². The number of rotatable bonds is 6. The Bertz CT molecular complexity index is 657. The molecule has 0 aliphatic heterocycles. The van der Waals surface area contributed by atoms with Gasteiger partial charge in [0, 0.05) is 35.9 Å². The van der Waals surface area contributed by atoms with Gasteiger partial charge in [0.1, 0.15) is 0 Å². The second kappa shape index (κ2) is 6.49. The van der Waals surface area contributed by atoms with Crippen LogP contribution in [-0.4, -0.2) is 41.5 Å². The number of nitrogens with one attached hydrogen (secondary N) is 1. The number of nitro benzene ring substituents is 1. The van der Waals surface area contributed by atoms with Crippen molar-refractivity contribution >= 4 is 22.3 Å². The van der Waals surface area contributed by atoms with Gasteiger partial charge >= 0.3 is 0 Å². The molecule has 6 heteroatoms. The second-order valence-electron chi connectivity index (χ2n) is 5.06. The van der Waals surface area contributed by atoms with Gasteiger partial charge in [0.25, 0.3) is 5.69 Å². The third kappa shape index (κ3) is 3.46. The highest BCUT2D eigenvalue weighted by molar-refractivity contribution is 5.96. The molecule has 0 bridgehead atoms. The number of hydrogen-bond donors (Lipinski definition) is 1. The van der Waals surface area contributed by atoms with Gasteiger partial charge in [-0.3, -0.25) is 10.1 Å². The predicted molar refractivity (Wildman–Crippen MR) is 84.8 cm³/mol. The number of nitrogens with zero attached hydrogens (tertiary/aromatic N) is 3. The number of likely N-dealkylation sites (N-methyl/N-ethyl adjacent to an activating group) is 1. The van der Waals surface area contributed by atoms with E-state index in [0.717, 1.165) is 36.4 Å². The minimum atomic E-state index is -0.386. The largest absolute Gasteiger partial charge is 0.383 e. The number of benzene rings is 1. The van der Waals surface area contributed by atoms with Crippen molar-refractivity contribution in [2.75, 3.05) is 32.0 Å². The van der Waals surface area contributed by atoms with E-state index >= 15 is 0 Å². The van der Waals surface area contributed by atoms with E-state index in [9.17, 15) is 10.1 Å². The maximum absolute atomic E-state index is 11.1. The molecule has 0 spiro atoms. The lowest BCUT2D eigenvalue weighted by atomic mass is 10.1. The monoisotopic (exact) mass is 288 g/mol. The van der Waals surface area contributed by atoms with Crippen LogP contribution >= 0.6 is 0 Å². The van der Waals surface area contributed by atoms with Gasteiger partial charge in [-0.25, -0.2) is 4.98 Å². The van der Waals surface area contributed by atoms with Crippen molar-refractivity contribution < 1.29 is 4.92 Å². The summed E-state index contributed by atoms with van der Waals surface area (Å²) >= 11 is 0. The van der Waals surface area contributed by atoms with E-state index in [1.54, 1.807) is 6.07 Å². The molecule has 21 heavy (non-hydrogen) atoms. The number of anilines is 1. The van der Waals surface area contributed by atoms with Crippen LogP contribution in [0.25, 0.3) is 10.9 Å². The van der Waals surface area contributed by atoms with E-state index in [4.69, 9.17) is 0 Å². The number of fused-ring (bicyclic) bond motifs is 1. The third-order valence-corrected chi connectivity index (χ3v) is 3.49. The summed E-state index contributed by atoms with van der Waals surface area (Å²) < 4.78 is 0. The Morgan fingerprint density at radius 3 is 2.86 bits per heavy atom. The van der Waals surface area contributed by atoms with Gasteiger partial charge in [-0.1, -0.05) is 19.1 Å². The first-order valence-corrected chi connectivity index (χ1v) is 7.00. The summed E-state index contributed by atoms with van der Waals surface area (Å²) in [6.45, 7) is 6.64. The normalized spacial score (nSPS) is 11.0. The molecule has 2 aromatic rings. The lowest BCUT2D eigenvalue weighted by Gasteiger charge is -2.16. The zero-order chi connectivity index (χ0) is 15.4. The Labute approximate surface area is 123 Å². The maximum Gasteiger partial charge on any atom is 0.295 e. The Hall–Kier alpha value is -2.21. The molecule has 1 heterocycles. The second-order valence-corrected chi connectivity index (χ2v) is 5.06. The number of para-hydroxylation sites is 1. The van der Waals surface area contributed by atoms with Crippen molar-refractivity contribution in [2.24, 2.45) is 0 Å². The fourth-order valence-corrected chi connectivity index (χ4v) is 2.19. The van der Waals surface area contributed by atoms with Gasteiger partial charge in [-0.05, 0) is 26.6 Å². The summed E-state index contributed by atoms with van der Waals surface area (Å²) in [6, 6.07) is 6.98. The SMILES string of the molecule is CCN(C)CCNc1cc(C)nc2c([N+](=O)[O-])cccc12. The molecular formula is C15H20N4O2. The van der Waals surface area contributed by atoms with Gasteiger partial charge < -0.3 is 10.2 Å². The molecule has 1 N–H and O–H groups in total. The Balaban J connectivity index is 2.35. The summed E-state index contributed by atoms with van der Waals surface area (Å²) in [5.74, 6) is 0. The van der Waals surface area contributed by atoms with Crippen LogP contribution in [0.4, 0.5) is 11.4 Å². The van der Waals surface area contributed by atoms with E-state index in [1.807, 2.05) is 19.1 Å². The van der Waals surface area contributed by atoms with Crippen LogP contribution in [-0.2, 0) is 0 Å². The topological polar surface area (TPSA) is 71.3 Å². The third-order valence-electron chi connectivity index (χ3n) is 3.49. The average molecular weight is 288 g/mol. The first kappa shape index (κ1) is 15.2. The van der Waals surface area contributed by atoms with Crippen molar-refractivity contribution in [3.8, 4) is 0 Å². The van der Waals surface area contributed by atoms with Gasteiger partial charge in [0.2, 0.25) is 0 Å². The highest BCUT2D eigenvalue weighted by Gasteiger charge is 2.15. The average Bonchev–Trinajstić information content (AvgIpc) is 2.46. The van der Waals surface area contributed by atoms with Crippen molar-refractivity contribution in [2.45, 2.75) is 13.8 Å². The number of pyridine rings is 1. The summed E-state index contributed by atoms with van der Waals surface area (Å²) in [7, 11) is 2.06. The van der Waals surface area contributed by atoms with E-state index in [-0.39, 0.29) is 10.6 Å². The molecule has 0 aliphatic carbocycles. The zero-order valence-electron chi connectivity index (χ0n) is 12.6. The molecule has 0 atom stereocenters. The minimum Gasteiger partial charge on any atom is -0.383 e. The van der Waals surface area contributed by atoms with E-state index < -0.39 is 0 Å². The molecule has 0 saturated carbocycles. The molecule has 0 fully saturated rings. The number of non-ortho nitro benzene ring substituents is 1. The highest BCUT2D eigenvalue weighted by Crippen LogP contribution is 2.29. The molecule has 0 amide bonds. The lowest BCUT2D eigenvalue weighted by Crippen LogP contribution is -2.24. The molecule has 1 aromatic heterocycles. The fourth-order valence-electron chi connectivity index (χ4n) is 2.19. The minimum absolute atomic E-state index is 0.0462. The molecule has 0 aliphatic rings. The van der Waals surface area contributed by atoms with Gasteiger partial charge in [-0.15, -0.1) is 0 Å². The first-order chi connectivity index (χ1) is 10.0. The molecule has 6 nitrogen and oxygen atoms in total. The zero-order valence-corrected chi connectivity index (χ0v) is 12.6. The van der Waals surface area contributed by atoms with Crippen molar-refractivity contribution in [1.82, 2.24) is 9.88 Å². The Morgan fingerprint density at radius 2 is 2.19 bits per heavy atom. The summed E-state index contributed by atoms with van der Waals surface area (Å²) in [6.07, 6.45) is 0. The lowest BCUT2D eigenvalue weighted by molar-refractivity contribution is -0.383. The van der Waals surface area contributed by atoms with Gasteiger partial charge in [0.05, 0.1) is 4.92 Å². The van der Waals surface area contributed by atoms with E-state index in [1.165, 1.54) is 6.07 Å². The summed E-state index contributed by atoms with van der Waals surface area (Å²) in [5.41, 5.74) is 2.15. The molecule has 0 radical (unpaired) electrons. The first-order valence-electron chi connectivity index (χ1n) is 7.00. The van der Waals surface area contributed by atoms with Crippen LogP contribution in [0, 0.1) is 17.0 Å². The molecule has 1 aromatic carbocycles. The highest BCUT2D eigenvalue weighted by atomic mass is 16.6. The summed E-state index contributed by atoms with van der Waals surface area (Å²) in [5, 5.41) is 15.3. The number of aryl methyl sites for hydroxylation is 1. The predicted octanol–water partition coefficient (Wildman–Crippen LogP) is 2.82. The molecule has 0 saturated heterocycles. The van der Waals surface area contributed by atoms with Crippen LogP contribution in [0.2, 0.25) is 0 Å². The molecule has 2 rings (SSSR count). The quantitative estimate of drug-likeness (QED) is 0.653. The Morgan fingerprint density at radius 1 is 1.43 bits per heavy atom. The summed E-state index contributed by atoms with van der Waals surface area (Å²) in [4.78, 5) is 17.3. The molecule has 112 valence electrons.